The van der Waals surface area contributed by atoms with Gasteiger partial charge in [-0.2, -0.15) is 0 Å². The average Bonchev–Trinajstić information content (AvgIpc) is 3.76. The predicted octanol–water partition coefficient (Wildman–Crippen LogP) is 18.1. The third-order valence-electron chi connectivity index (χ3n) is 14.1. The standard InChI is InChI=1S/C66H47N3/c1-3-16-46(17-4-1)48-30-35-53(36-31-48)67(63-29-15-21-49-19-9-10-24-58(49)63)54-37-33-50(34-38-54)57-41-43-65(60-26-12-11-25-59(57)60)68(55-39-32-47-18-7-8-20-51(47)44-55)56-40-42-66-62(45-56)61-27-13-14-28-64(61)69(66)52-22-5-2-6-23-52/h1-45,61,64H. The Labute approximate surface area is 403 Å². The van der Waals surface area contributed by atoms with Gasteiger partial charge in [-0.3, -0.25) is 0 Å². The zero-order chi connectivity index (χ0) is 45.7. The molecule has 0 aromatic heterocycles. The highest BCUT2D eigenvalue weighted by Gasteiger charge is 2.38. The van der Waals surface area contributed by atoms with E-state index >= 15 is 0 Å². The first-order chi connectivity index (χ1) is 34.2. The molecule has 0 N–H and O–H groups in total. The quantitative estimate of drug-likeness (QED) is 0.143. The Morgan fingerprint density at radius 2 is 0.884 bits per heavy atom. The predicted molar refractivity (Wildman–Crippen MR) is 293 cm³/mol. The summed E-state index contributed by atoms with van der Waals surface area (Å²) in [5.41, 5.74) is 15.3. The lowest BCUT2D eigenvalue weighted by molar-refractivity contribution is 0.745. The van der Waals surface area contributed by atoms with E-state index in [-0.39, 0.29) is 12.0 Å². The molecular formula is C66H47N3. The monoisotopic (exact) mass is 881 g/mol. The second kappa shape index (κ2) is 17.1. The van der Waals surface area contributed by atoms with Crippen molar-refractivity contribution in [3.05, 3.63) is 279 Å². The molecule has 0 radical (unpaired) electrons. The van der Waals surface area contributed by atoms with Gasteiger partial charge in [0.05, 0.1) is 17.4 Å². The summed E-state index contributed by atoms with van der Waals surface area (Å²) in [6, 6.07) is 91.1. The fourth-order valence-electron chi connectivity index (χ4n) is 10.9. The summed E-state index contributed by atoms with van der Waals surface area (Å²) in [4.78, 5) is 7.36. The number of hydrogen-bond donors (Lipinski definition) is 0. The minimum atomic E-state index is 0.211. The topological polar surface area (TPSA) is 9.72 Å². The van der Waals surface area contributed by atoms with E-state index in [9.17, 15) is 0 Å². The maximum Gasteiger partial charge on any atom is 0.0629 e. The van der Waals surface area contributed by atoms with Crippen molar-refractivity contribution in [3.63, 3.8) is 0 Å². The zero-order valence-electron chi connectivity index (χ0n) is 38.0. The van der Waals surface area contributed by atoms with E-state index < -0.39 is 0 Å². The van der Waals surface area contributed by atoms with Crippen LogP contribution in [0.4, 0.5) is 45.5 Å². The second-order valence-corrected chi connectivity index (χ2v) is 18.1. The van der Waals surface area contributed by atoms with Crippen LogP contribution in [-0.4, -0.2) is 6.04 Å². The minimum Gasteiger partial charge on any atom is -0.333 e. The molecule has 1 aliphatic carbocycles. The van der Waals surface area contributed by atoms with Gasteiger partial charge < -0.3 is 14.7 Å². The maximum absolute atomic E-state index is 2.50. The van der Waals surface area contributed by atoms with Gasteiger partial charge in [0.25, 0.3) is 0 Å². The molecule has 3 nitrogen and oxygen atoms in total. The Morgan fingerprint density at radius 1 is 0.333 bits per heavy atom. The summed E-state index contributed by atoms with van der Waals surface area (Å²) in [7, 11) is 0. The van der Waals surface area contributed by atoms with E-state index in [1.165, 1.54) is 65.9 Å². The molecule has 11 aromatic rings. The number of fused-ring (bicyclic) bond motifs is 6. The molecule has 0 fully saturated rings. The van der Waals surface area contributed by atoms with E-state index in [0.717, 1.165) is 39.7 Å². The lowest BCUT2D eigenvalue weighted by atomic mass is 9.91. The van der Waals surface area contributed by atoms with Crippen molar-refractivity contribution >= 4 is 77.8 Å². The molecule has 69 heavy (non-hydrogen) atoms. The highest BCUT2D eigenvalue weighted by molar-refractivity contribution is 6.07. The van der Waals surface area contributed by atoms with Crippen molar-refractivity contribution in [2.24, 2.45) is 0 Å². The van der Waals surface area contributed by atoms with Crippen LogP contribution in [0.5, 0.6) is 0 Å². The van der Waals surface area contributed by atoms with Crippen molar-refractivity contribution in [1.29, 1.82) is 0 Å². The summed E-state index contributed by atoms with van der Waals surface area (Å²) in [6.45, 7) is 0. The van der Waals surface area contributed by atoms with Crippen LogP contribution in [0.15, 0.2) is 273 Å². The number of rotatable bonds is 9. The number of allylic oxidation sites excluding steroid dienone is 2. The second-order valence-electron chi connectivity index (χ2n) is 18.1. The molecule has 0 bridgehead atoms. The van der Waals surface area contributed by atoms with Crippen LogP contribution in [-0.2, 0) is 0 Å². The van der Waals surface area contributed by atoms with Gasteiger partial charge in [-0.15, -0.1) is 0 Å². The van der Waals surface area contributed by atoms with Crippen molar-refractivity contribution < 1.29 is 0 Å². The molecule has 2 unspecified atom stereocenters. The van der Waals surface area contributed by atoms with Gasteiger partial charge in [-0.1, -0.05) is 194 Å². The molecule has 2 aliphatic rings. The van der Waals surface area contributed by atoms with E-state index in [4.69, 9.17) is 0 Å². The van der Waals surface area contributed by atoms with Crippen LogP contribution >= 0.6 is 0 Å². The molecule has 0 saturated carbocycles. The molecule has 0 spiro atoms. The number of nitrogens with zero attached hydrogens (tertiary/aromatic N) is 3. The lowest BCUT2D eigenvalue weighted by Crippen LogP contribution is -2.28. The van der Waals surface area contributed by atoms with Crippen LogP contribution in [0.1, 0.15) is 11.5 Å². The molecule has 3 heteroatoms. The van der Waals surface area contributed by atoms with Crippen LogP contribution in [0.2, 0.25) is 0 Å². The number of para-hydroxylation sites is 1. The average molecular weight is 882 g/mol. The van der Waals surface area contributed by atoms with Crippen molar-refractivity contribution in [2.45, 2.75) is 12.0 Å². The Morgan fingerprint density at radius 3 is 1.67 bits per heavy atom. The molecule has 2 atom stereocenters. The lowest BCUT2D eigenvalue weighted by Gasteiger charge is -2.29. The van der Waals surface area contributed by atoms with Crippen LogP contribution in [0, 0.1) is 0 Å². The number of anilines is 8. The van der Waals surface area contributed by atoms with Crippen LogP contribution < -0.4 is 14.7 Å². The van der Waals surface area contributed by atoms with Gasteiger partial charge in [-0.25, -0.2) is 0 Å². The van der Waals surface area contributed by atoms with E-state index in [1.807, 2.05) is 0 Å². The Balaban J connectivity index is 0.924. The van der Waals surface area contributed by atoms with Gasteiger partial charge in [0.2, 0.25) is 0 Å². The smallest absolute Gasteiger partial charge is 0.0629 e. The summed E-state index contributed by atoms with van der Waals surface area (Å²) < 4.78 is 0. The molecule has 326 valence electrons. The number of benzene rings is 11. The summed E-state index contributed by atoms with van der Waals surface area (Å²) in [6.07, 6.45) is 9.12. The molecule has 11 aromatic carbocycles. The molecule has 0 saturated heterocycles. The third kappa shape index (κ3) is 7.15. The Kier molecular flexibility index (Phi) is 9.98. The highest BCUT2D eigenvalue weighted by atomic mass is 15.2. The molecule has 0 amide bonds. The van der Waals surface area contributed by atoms with E-state index in [0.29, 0.717) is 0 Å². The first kappa shape index (κ1) is 40.4. The maximum atomic E-state index is 2.50. The van der Waals surface area contributed by atoms with Gasteiger partial charge in [0.1, 0.15) is 0 Å². The normalized spacial score (nSPS) is 14.8. The zero-order valence-corrected chi connectivity index (χ0v) is 38.0. The minimum absolute atomic E-state index is 0.211. The first-order valence-electron chi connectivity index (χ1n) is 23.9. The molecule has 1 aliphatic heterocycles. The largest absolute Gasteiger partial charge is 0.333 e. The fraction of sp³-hybridized carbons (Fsp3) is 0.0303. The summed E-state index contributed by atoms with van der Waals surface area (Å²) in [5.74, 6) is 0.232. The summed E-state index contributed by atoms with van der Waals surface area (Å²) in [5, 5.41) is 7.24. The van der Waals surface area contributed by atoms with Crippen LogP contribution in [0.25, 0.3) is 54.6 Å². The Hall–Kier alpha value is -8.92. The van der Waals surface area contributed by atoms with E-state index in [2.05, 4.69) is 288 Å². The first-order valence-corrected chi connectivity index (χ1v) is 23.9. The van der Waals surface area contributed by atoms with Gasteiger partial charge in [-0.05, 0) is 128 Å². The summed E-state index contributed by atoms with van der Waals surface area (Å²) >= 11 is 0. The molecule has 13 rings (SSSR count). The van der Waals surface area contributed by atoms with Crippen molar-refractivity contribution in [2.75, 3.05) is 14.7 Å². The van der Waals surface area contributed by atoms with E-state index in [1.54, 1.807) is 0 Å². The fourth-order valence-corrected chi connectivity index (χ4v) is 10.9. The van der Waals surface area contributed by atoms with Crippen LogP contribution in [0.3, 0.4) is 0 Å². The van der Waals surface area contributed by atoms with Crippen molar-refractivity contribution in [3.8, 4) is 22.3 Å². The van der Waals surface area contributed by atoms with Crippen molar-refractivity contribution in [1.82, 2.24) is 0 Å². The number of hydrogen-bond acceptors (Lipinski definition) is 3. The third-order valence-corrected chi connectivity index (χ3v) is 14.1. The van der Waals surface area contributed by atoms with Gasteiger partial charge in [0.15, 0.2) is 0 Å². The van der Waals surface area contributed by atoms with Gasteiger partial charge >= 0.3 is 0 Å². The molecular weight excluding hydrogens is 835 g/mol. The molecule has 1 heterocycles. The van der Waals surface area contributed by atoms with Gasteiger partial charge in [0, 0.05) is 50.8 Å². The SMILES string of the molecule is C1=CC2c3cc(N(c4ccc5ccccc5c4)c4ccc(-c5ccc(N(c6ccc(-c7ccccc7)cc6)c6cccc7ccccc67)cc5)c5ccccc45)ccc3N(c3ccccc3)C2C=C1. The Bertz CT molecular complexity index is 3740. The highest BCUT2D eigenvalue weighted by Crippen LogP contribution is 2.51.